The topological polar surface area (TPSA) is 117 Å². The Morgan fingerprint density at radius 3 is 2.61 bits per heavy atom. The third-order valence-electron chi connectivity index (χ3n) is 4.54. The van der Waals surface area contributed by atoms with Gasteiger partial charge in [-0.2, -0.15) is 0 Å². The Kier molecular flexibility index (Phi) is 4.96. The number of para-hydroxylation sites is 1. The fourth-order valence-electron chi connectivity index (χ4n) is 3.54. The van der Waals surface area contributed by atoms with E-state index in [0.29, 0.717) is 11.3 Å². The van der Waals surface area contributed by atoms with Crippen molar-refractivity contribution in [3.63, 3.8) is 0 Å². The Morgan fingerprint density at radius 2 is 1.93 bits per heavy atom. The molecule has 146 valence electrons. The number of allylic oxidation sites excluding steroid dienone is 1. The molecule has 28 heavy (non-hydrogen) atoms. The number of hydrogen-bond acceptors (Lipinski definition) is 8. The molecule has 8 nitrogen and oxygen atoms in total. The van der Waals surface area contributed by atoms with Gasteiger partial charge >= 0.3 is 17.9 Å². The number of ether oxygens (including phenoxy) is 3. The van der Waals surface area contributed by atoms with Crippen LogP contribution >= 0.6 is 0 Å². The first-order valence-electron chi connectivity index (χ1n) is 8.65. The number of esters is 3. The fraction of sp³-hybridized carbons (Fsp3) is 0.250. The molecule has 0 saturated heterocycles. The molecule has 1 spiro atoms. The second-order valence-corrected chi connectivity index (χ2v) is 6.14. The first kappa shape index (κ1) is 19.2. The summed E-state index contributed by atoms with van der Waals surface area (Å²) in [6, 6.07) is 6.71. The molecule has 2 aliphatic heterocycles. The van der Waals surface area contributed by atoms with E-state index in [1.807, 2.05) is 0 Å². The number of nitrogens with one attached hydrogen (secondary N) is 1. The van der Waals surface area contributed by atoms with Gasteiger partial charge in [0.05, 0.1) is 6.61 Å². The Morgan fingerprint density at radius 1 is 1.25 bits per heavy atom. The van der Waals surface area contributed by atoms with Gasteiger partial charge < -0.3 is 25.3 Å². The molecule has 8 heteroatoms. The van der Waals surface area contributed by atoms with Gasteiger partial charge in [-0.3, -0.25) is 0 Å². The summed E-state index contributed by atoms with van der Waals surface area (Å²) >= 11 is 0. The van der Waals surface area contributed by atoms with Crippen LogP contribution in [0.3, 0.4) is 0 Å². The Labute approximate surface area is 161 Å². The van der Waals surface area contributed by atoms with Gasteiger partial charge in [0.2, 0.25) is 0 Å². The molecular weight excluding hydrogens is 364 g/mol. The highest BCUT2D eigenvalue weighted by atomic mass is 16.6. The third-order valence-corrected chi connectivity index (χ3v) is 4.54. The Balaban J connectivity index is 2.33. The minimum absolute atomic E-state index is 0.0327. The summed E-state index contributed by atoms with van der Waals surface area (Å²) in [6.45, 7) is 6.57. The van der Waals surface area contributed by atoms with Crippen molar-refractivity contribution in [2.75, 3.05) is 18.5 Å². The van der Waals surface area contributed by atoms with Crippen LogP contribution in [0.4, 0.5) is 5.69 Å². The van der Waals surface area contributed by atoms with E-state index in [-0.39, 0.29) is 35.9 Å². The van der Waals surface area contributed by atoms with Crippen LogP contribution in [-0.4, -0.2) is 31.1 Å². The minimum atomic E-state index is -1.89. The van der Waals surface area contributed by atoms with Crippen molar-refractivity contribution in [1.82, 2.24) is 0 Å². The number of rotatable bonds is 5. The fourth-order valence-corrected chi connectivity index (χ4v) is 3.54. The molecule has 1 atom stereocenters. The molecule has 0 aromatic heterocycles. The summed E-state index contributed by atoms with van der Waals surface area (Å²) in [6.07, 6.45) is 1.39. The quantitative estimate of drug-likeness (QED) is 0.447. The van der Waals surface area contributed by atoms with E-state index >= 15 is 0 Å². The molecule has 0 aliphatic carbocycles. The first-order chi connectivity index (χ1) is 13.4. The number of hydrogen-bond donors (Lipinski definition) is 2. The highest BCUT2D eigenvalue weighted by Gasteiger charge is 2.62. The maximum atomic E-state index is 13.2. The first-order valence-corrected chi connectivity index (χ1v) is 8.65. The minimum Gasteiger partial charge on any atom is -0.462 e. The Bertz CT molecular complexity index is 946. The van der Waals surface area contributed by atoms with E-state index < -0.39 is 23.3 Å². The van der Waals surface area contributed by atoms with Crippen molar-refractivity contribution in [2.24, 2.45) is 5.73 Å². The van der Waals surface area contributed by atoms with Crippen molar-refractivity contribution >= 4 is 23.6 Å². The van der Waals surface area contributed by atoms with Crippen LogP contribution in [0, 0.1) is 0 Å². The largest absolute Gasteiger partial charge is 0.462 e. The molecule has 3 N–H and O–H groups in total. The maximum Gasteiger partial charge on any atom is 0.339 e. The molecule has 1 unspecified atom stereocenters. The monoisotopic (exact) mass is 384 g/mol. The molecule has 0 saturated carbocycles. The smallest absolute Gasteiger partial charge is 0.339 e. The van der Waals surface area contributed by atoms with Crippen LogP contribution in [0.1, 0.15) is 19.4 Å². The van der Waals surface area contributed by atoms with E-state index in [2.05, 4.69) is 11.9 Å². The van der Waals surface area contributed by atoms with Crippen LogP contribution in [-0.2, 0) is 34.0 Å². The van der Waals surface area contributed by atoms with Crippen molar-refractivity contribution in [1.29, 1.82) is 0 Å². The summed E-state index contributed by atoms with van der Waals surface area (Å²) in [5.74, 6) is -2.53. The highest BCUT2D eigenvalue weighted by Crippen LogP contribution is 2.52. The number of anilines is 1. The molecule has 3 rings (SSSR count). The lowest BCUT2D eigenvalue weighted by Gasteiger charge is -2.35. The zero-order valence-corrected chi connectivity index (χ0v) is 15.5. The van der Waals surface area contributed by atoms with Gasteiger partial charge in [0.25, 0.3) is 0 Å². The van der Waals surface area contributed by atoms with Crippen LogP contribution < -0.4 is 11.1 Å². The average molecular weight is 384 g/mol. The van der Waals surface area contributed by atoms with Gasteiger partial charge in [-0.05, 0) is 19.9 Å². The molecule has 0 radical (unpaired) electrons. The predicted octanol–water partition coefficient (Wildman–Crippen LogP) is 1.64. The number of benzene rings is 1. The summed E-state index contributed by atoms with van der Waals surface area (Å²) in [5, 5.41) is 2.90. The lowest BCUT2D eigenvalue weighted by molar-refractivity contribution is -0.147. The van der Waals surface area contributed by atoms with Gasteiger partial charge in [0.15, 0.2) is 5.41 Å². The number of fused-ring (bicyclic) bond motifs is 2. The number of nitrogens with two attached hydrogens (primary N) is 1. The lowest BCUT2D eigenvalue weighted by Crippen LogP contribution is -2.47. The van der Waals surface area contributed by atoms with Crippen molar-refractivity contribution in [2.45, 2.75) is 19.3 Å². The molecule has 0 amide bonds. The van der Waals surface area contributed by atoms with Gasteiger partial charge in [-0.25, -0.2) is 14.4 Å². The summed E-state index contributed by atoms with van der Waals surface area (Å²) in [7, 11) is 0. The Hall–Kier alpha value is -3.55. The van der Waals surface area contributed by atoms with E-state index in [1.165, 1.54) is 13.0 Å². The predicted molar refractivity (Wildman–Crippen MR) is 99.5 cm³/mol. The maximum absolute atomic E-state index is 13.2. The van der Waals surface area contributed by atoms with Gasteiger partial charge in [-0.15, -0.1) is 0 Å². The van der Waals surface area contributed by atoms with Crippen LogP contribution in [0.15, 0.2) is 59.6 Å². The summed E-state index contributed by atoms with van der Waals surface area (Å²) in [4.78, 5) is 38.9. The van der Waals surface area contributed by atoms with E-state index in [9.17, 15) is 14.4 Å². The zero-order valence-electron chi connectivity index (χ0n) is 15.5. The van der Waals surface area contributed by atoms with E-state index in [0.717, 1.165) is 0 Å². The second kappa shape index (κ2) is 7.22. The molecule has 1 aromatic carbocycles. The molecule has 0 fully saturated rings. The SMILES string of the molecule is C=CCOC(=O)C1=C(C)OC(=O)C12C(C(=O)OCC)=C(N)Nc1ccccc12. The van der Waals surface area contributed by atoms with E-state index in [4.69, 9.17) is 19.9 Å². The number of cyclic esters (lactones) is 1. The molecule has 1 aromatic rings. The van der Waals surface area contributed by atoms with Crippen LogP contribution in [0.5, 0.6) is 0 Å². The van der Waals surface area contributed by atoms with Crippen LogP contribution in [0.25, 0.3) is 0 Å². The van der Waals surface area contributed by atoms with Crippen molar-refractivity contribution in [3.8, 4) is 0 Å². The van der Waals surface area contributed by atoms with Crippen LogP contribution in [0.2, 0.25) is 0 Å². The standard InChI is InChI=1S/C20H20N2O6/c1-4-10-27-17(23)14-11(3)28-19(25)20(14)12-8-6-7-9-13(12)22-16(21)15(20)18(24)26-5-2/h4,6-9,22H,1,5,10,21H2,2-3H3. The second-order valence-electron chi connectivity index (χ2n) is 6.14. The average Bonchev–Trinajstić information content (AvgIpc) is 2.90. The highest BCUT2D eigenvalue weighted by molar-refractivity contribution is 6.15. The number of carbonyl (C=O) groups is 3. The summed E-state index contributed by atoms with van der Waals surface area (Å²) in [5.41, 5.74) is 4.72. The van der Waals surface area contributed by atoms with E-state index in [1.54, 1.807) is 31.2 Å². The molecular formula is C20H20N2O6. The zero-order chi connectivity index (χ0) is 20.5. The number of carbonyl (C=O) groups excluding carboxylic acids is 3. The van der Waals surface area contributed by atoms with Gasteiger partial charge in [0, 0.05) is 11.3 Å². The molecule has 2 heterocycles. The third kappa shape index (κ3) is 2.65. The van der Waals surface area contributed by atoms with Gasteiger partial charge in [0.1, 0.15) is 29.3 Å². The molecule has 0 bridgehead atoms. The van der Waals surface area contributed by atoms with Crippen molar-refractivity contribution < 1.29 is 28.6 Å². The molecule has 2 aliphatic rings. The summed E-state index contributed by atoms with van der Waals surface area (Å²) < 4.78 is 15.6. The normalized spacial score (nSPS) is 20.4. The van der Waals surface area contributed by atoms with Crippen molar-refractivity contribution in [3.05, 3.63) is 65.2 Å². The lowest BCUT2D eigenvalue weighted by atomic mass is 9.67. The van der Waals surface area contributed by atoms with Gasteiger partial charge in [-0.1, -0.05) is 30.9 Å².